The molecule has 1 aromatic heterocycles. The Morgan fingerprint density at radius 3 is 2.68 bits per heavy atom. The van der Waals surface area contributed by atoms with E-state index in [1.165, 1.54) is 36.2 Å². The molecule has 0 spiro atoms. The van der Waals surface area contributed by atoms with Crippen LogP contribution in [0.2, 0.25) is 0 Å². The van der Waals surface area contributed by atoms with E-state index in [2.05, 4.69) is 4.98 Å². The summed E-state index contributed by atoms with van der Waals surface area (Å²) in [7, 11) is 1.52. The van der Waals surface area contributed by atoms with E-state index >= 15 is 0 Å². The monoisotopic (exact) mass is 261 g/mol. The van der Waals surface area contributed by atoms with E-state index in [9.17, 15) is 20.0 Å². The molecule has 0 aliphatic carbocycles. The Hall–Kier alpha value is -2.83. The van der Waals surface area contributed by atoms with Crippen LogP contribution in [0.4, 0.5) is 11.5 Å². The molecule has 0 unspecified atom stereocenters. The van der Waals surface area contributed by atoms with Gasteiger partial charge in [0.2, 0.25) is 0 Å². The van der Waals surface area contributed by atoms with Crippen LogP contribution >= 0.6 is 0 Å². The van der Waals surface area contributed by atoms with Gasteiger partial charge in [-0.1, -0.05) is 6.07 Å². The van der Waals surface area contributed by atoms with Gasteiger partial charge in [0, 0.05) is 24.9 Å². The number of benzene rings is 1. The Bertz CT molecular complexity index is 635. The molecule has 7 heteroatoms. The SMILES string of the molecule is CN(C(=O)c1ccc([N+](=O)[O-])[nH]1)c1cccc(O)c1. The van der Waals surface area contributed by atoms with Crippen LogP contribution in [-0.4, -0.2) is 28.0 Å². The van der Waals surface area contributed by atoms with Gasteiger partial charge in [-0.25, -0.2) is 4.98 Å². The van der Waals surface area contributed by atoms with Crippen molar-refractivity contribution in [3.8, 4) is 5.75 Å². The van der Waals surface area contributed by atoms with Crippen molar-refractivity contribution in [2.45, 2.75) is 0 Å². The summed E-state index contributed by atoms with van der Waals surface area (Å²) < 4.78 is 0. The molecule has 7 nitrogen and oxygen atoms in total. The number of nitrogens with zero attached hydrogens (tertiary/aromatic N) is 2. The number of amides is 1. The van der Waals surface area contributed by atoms with Crippen molar-refractivity contribution < 1.29 is 14.8 Å². The van der Waals surface area contributed by atoms with Crippen LogP contribution in [0, 0.1) is 10.1 Å². The maximum Gasteiger partial charge on any atom is 0.321 e. The second kappa shape index (κ2) is 4.81. The summed E-state index contributed by atoms with van der Waals surface area (Å²) in [5.74, 6) is -0.638. The molecule has 19 heavy (non-hydrogen) atoms. The Labute approximate surface area is 108 Å². The molecule has 2 aromatic rings. The number of aromatic nitrogens is 1. The van der Waals surface area contributed by atoms with Gasteiger partial charge < -0.3 is 20.1 Å². The van der Waals surface area contributed by atoms with E-state index in [0.717, 1.165) is 0 Å². The number of aromatic hydroxyl groups is 1. The summed E-state index contributed by atoms with van der Waals surface area (Å²) in [5, 5.41) is 19.9. The topological polar surface area (TPSA) is 99.5 Å². The summed E-state index contributed by atoms with van der Waals surface area (Å²) in [6.45, 7) is 0. The number of hydrogen-bond acceptors (Lipinski definition) is 4. The Morgan fingerprint density at radius 2 is 2.11 bits per heavy atom. The minimum absolute atomic E-state index is 0.0367. The molecular formula is C12H11N3O4. The molecule has 1 amide bonds. The predicted molar refractivity (Wildman–Crippen MR) is 68.3 cm³/mol. The van der Waals surface area contributed by atoms with Gasteiger partial charge >= 0.3 is 5.82 Å². The summed E-state index contributed by atoms with van der Waals surface area (Å²) >= 11 is 0. The zero-order valence-corrected chi connectivity index (χ0v) is 10.0. The number of anilines is 1. The van der Waals surface area contributed by atoms with Gasteiger partial charge in [-0.15, -0.1) is 0 Å². The Balaban J connectivity index is 2.25. The van der Waals surface area contributed by atoms with E-state index < -0.39 is 10.8 Å². The van der Waals surface area contributed by atoms with Gasteiger partial charge in [0.05, 0.1) is 0 Å². The fourth-order valence-corrected chi connectivity index (χ4v) is 1.61. The van der Waals surface area contributed by atoms with Crippen molar-refractivity contribution in [1.82, 2.24) is 4.98 Å². The molecule has 1 aromatic carbocycles. The summed E-state index contributed by atoms with van der Waals surface area (Å²) in [5.41, 5.74) is 0.597. The molecule has 0 fully saturated rings. The third-order valence-corrected chi connectivity index (χ3v) is 2.62. The first-order valence-electron chi connectivity index (χ1n) is 5.39. The largest absolute Gasteiger partial charge is 0.508 e. The van der Waals surface area contributed by atoms with Crippen LogP contribution < -0.4 is 4.90 Å². The van der Waals surface area contributed by atoms with Crippen LogP contribution in [0.15, 0.2) is 36.4 Å². The lowest BCUT2D eigenvalue weighted by Crippen LogP contribution is -2.26. The molecule has 2 N–H and O–H groups in total. The fraction of sp³-hybridized carbons (Fsp3) is 0.0833. The van der Waals surface area contributed by atoms with Crippen molar-refractivity contribution in [2.75, 3.05) is 11.9 Å². The van der Waals surface area contributed by atoms with E-state index in [0.29, 0.717) is 5.69 Å². The number of rotatable bonds is 3. The van der Waals surface area contributed by atoms with Gasteiger partial charge in [0.15, 0.2) is 5.69 Å². The second-order valence-electron chi connectivity index (χ2n) is 3.90. The number of hydrogen-bond donors (Lipinski definition) is 2. The third kappa shape index (κ3) is 2.54. The van der Waals surface area contributed by atoms with Gasteiger partial charge in [0.25, 0.3) is 5.91 Å². The number of phenolic OH excluding ortho intramolecular Hbond substituents is 1. The minimum Gasteiger partial charge on any atom is -0.508 e. The van der Waals surface area contributed by atoms with Crippen LogP contribution in [0.25, 0.3) is 0 Å². The molecule has 0 aliphatic rings. The van der Waals surface area contributed by atoms with Crippen LogP contribution in [-0.2, 0) is 0 Å². The smallest absolute Gasteiger partial charge is 0.321 e. The first-order valence-corrected chi connectivity index (χ1v) is 5.39. The highest BCUT2D eigenvalue weighted by atomic mass is 16.6. The van der Waals surface area contributed by atoms with Gasteiger partial charge in [0.1, 0.15) is 5.75 Å². The quantitative estimate of drug-likeness (QED) is 0.651. The molecular weight excluding hydrogens is 250 g/mol. The fourth-order valence-electron chi connectivity index (χ4n) is 1.61. The average molecular weight is 261 g/mol. The lowest BCUT2D eigenvalue weighted by atomic mass is 10.2. The molecule has 0 saturated heterocycles. The molecule has 0 atom stereocenters. The highest BCUT2D eigenvalue weighted by Crippen LogP contribution is 2.21. The van der Waals surface area contributed by atoms with Crippen molar-refractivity contribution >= 4 is 17.4 Å². The highest BCUT2D eigenvalue weighted by Gasteiger charge is 2.20. The molecule has 0 aliphatic heterocycles. The predicted octanol–water partition coefficient (Wildman–Crippen LogP) is 1.91. The number of nitro groups is 1. The van der Waals surface area contributed by atoms with Crippen molar-refractivity contribution in [2.24, 2.45) is 0 Å². The number of nitrogens with one attached hydrogen (secondary N) is 1. The van der Waals surface area contributed by atoms with Crippen LogP contribution in [0.5, 0.6) is 5.75 Å². The summed E-state index contributed by atoms with van der Waals surface area (Å²) in [6, 6.07) is 8.74. The molecule has 0 bridgehead atoms. The van der Waals surface area contributed by atoms with E-state index in [-0.39, 0.29) is 17.3 Å². The molecule has 2 rings (SSSR count). The van der Waals surface area contributed by atoms with Crippen molar-refractivity contribution in [3.63, 3.8) is 0 Å². The van der Waals surface area contributed by atoms with Crippen LogP contribution in [0.1, 0.15) is 10.5 Å². The van der Waals surface area contributed by atoms with Gasteiger partial charge in [-0.05, 0) is 23.1 Å². The summed E-state index contributed by atoms with van der Waals surface area (Å²) in [4.78, 5) is 25.7. The zero-order chi connectivity index (χ0) is 14.0. The number of H-pyrrole nitrogens is 1. The number of carbonyl (C=O) groups excluding carboxylic acids is 1. The van der Waals surface area contributed by atoms with Crippen LogP contribution in [0.3, 0.4) is 0 Å². The van der Waals surface area contributed by atoms with Crippen molar-refractivity contribution in [3.05, 3.63) is 52.2 Å². The standard InChI is InChI=1S/C12H11N3O4/c1-14(8-3-2-4-9(16)7-8)12(17)10-5-6-11(13-10)15(18)19/h2-7,13,16H,1H3. The first-order chi connectivity index (χ1) is 8.99. The lowest BCUT2D eigenvalue weighted by molar-refractivity contribution is -0.389. The van der Waals surface area contributed by atoms with Crippen molar-refractivity contribution in [1.29, 1.82) is 0 Å². The highest BCUT2D eigenvalue weighted by molar-refractivity contribution is 6.04. The maximum absolute atomic E-state index is 12.1. The number of carbonyl (C=O) groups is 1. The summed E-state index contributed by atoms with van der Waals surface area (Å²) in [6.07, 6.45) is 0. The average Bonchev–Trinajstić information content (AvgIpc) is 2.86. The number of aromatic amines is 1. The molecule has 0 saturated carbocycles. The van der Waals surface area contributed by atoms with E-state index in [1.807, 2.05) is 0 Å². The second-order valence-corrected chi connectivity index (χ2v) is 3.90. The third-order valence-electron chi connectivity index (χ3n) is 2.62. The molecule has 0 radical (unpaired) electrons. The Morgan fingerprint density at radius 1 is 1.37 bits per heavy atom. The van der Waals surface area contributed by atoms with E-state index in [1.54, 1.807) is 12.1 Å². The molecule has 98 valence electrons. The lowest BCUT2D eigenvalue weighted by Gasteiger charge is -2.15. The first kappa shape index (κ1) is 12.6. The zero-order valence-electron chi connectivity index (χ0n) is 10.0. The maximum atomic E-state index is 12.1. The van der Waals surface area contributed by atoms with E-state index in [4.69, 9.17) is 0 Å². The number of phenols is 1. The van der Waals surface area contributed by atoms with Gasteiger partial charge in [-0.3, -0.25) is 4.79 Å². The Kier molecular flexibility index (Phi) is 3.19. The normalized spacial score (nSPS) is 10.2. The van der Waals surface area contributed by atoms with Gasteiger partial charge in [-0.2, -0.15) is 0 Å². The minimum atomic E-state index is -0.606. The molecule has 1 heterocycles.